The summed E-state index contributed by atoms with van der Waals surface area (Å²) in [6.45, 7) is 0. The minimum absolute atomic E-state index is 0.682. The summed E-state index contributed by atoms with van der Waals surface area (Å²) in [5.74, 6) is 0.682. The zero-order valence-electron chi connectivity index (χ0n) is 45.7. The first kappa shape index (κ1) is 47.7. The maximum absolute atomic E-state index is 5.67. The lowest BCUT2D eigenvalue weighted by atomic mass is 9.56. The van der Waals surface area contributed by atoms with Gasteiger partial charge in [0.2, 0.25) is 0 Å². The quantitative estimate of drug-likeness (QED) is 0.222. The van der Waals surface area contributed by atoms with E-state index >= 15 is 0 Å². The number of nitrogens with zero attached hydrogens (tertiary/aromatic N) is 5. The Labute approximate surface area is 462 Å². The Morgan fingerprint density at radius 3 is 0.936 bits per heavy atom. The minimum Gasteiger partial charge on any atom is -0.307 e. The van der Waals surface area contributed by atoms with E-state index in [1.807, 2.05) is 0 Å². The molecule has 0 N–H and O–H groups in total. The second-order valence-electron chi connectivity index (χ2n) is 21.6. The summed E-state index contributed by atoms with van der Waals surface area (Å²) in [5, 5.41) is 7.19. The van der Waals surface area contributed by atoms with Crippen molar-refractivity contribution in [3.63, 3.8) is 0 Å². The molecule has 0 atom stereocenters. The van der Waals surface area contributed by atoms with Crippen LogP contribution in [-0.4, -0.2) is 94.3 Å². The SMILES string of the molecule is Bc1c(B)c(B)c(-c2c(B)c(B)c(-c3cc(-c4cc(-n5c6ccccc6c6ccccc65)c(-n5c6ccccc6c6ccccc65)c(-n5c6ccccc6c6ccccc65)c4)nc(-c4ccccc4)n3)c(B)c2B)c(B)c1B. The van der Waals surface area contributed by atoms with E-state index in [1.165, 1.54) is 92.6 Å². The van der Waals surface area contributed by atoms with Crippen molar-refractivity contribution in [2.45, 2.75) is 0 Å². The predicted molar refractivity (Wildman–Crippen MR) is 360 cm³/mol. The fourth-order valence-electron chi connectivity index (χ4n) is 13.2. The summed E-state index contributed by atoms with van der Waals surface area (Å²) in [6.07, 6.45) is 0. The lowest BCUT2D eigenvalue weighted by molar-refractivity contribution is 1.05. The van der Waals surface area contributed by atoms with E-state index in [1.54, 1.807) is 0 Å². The largest absolute Gasteiger partial charge is 0.307 e. The van der Waals surface area contributed by atoms with Crippen LogP contribution in [0.2, 0.25) is 0 Å². The van der Waals surface area contributed by atoms with Crippen molar-refractivity contribution in [3.8, 4) is 62.1 Å². The van der Waals surface area contributed by atoms with Crippen LogP contribution < -0.4 is 49.2 Å². The van der Waals surface area contributed by atoms with Gasteiger partial charge in [-0.15, -0.1) is 16.4 Å². The number of para-hydroxylation sites is 6. The van der Waals surface area contributed by atoms with Gasteiger partial charge in [-0.1, -0.05) is 172 Å². The second-order valence-corrected chi connectivity index (χ2v) is 21.6. The Morgan fingerprint density at radius 2 is 0.551 bits per heavy atom. The van der Waals surface area contributed by atoms with Crippen LogP contribution in [0, 0.1) is 0 Å². The Morgan fingerprint density at radius 1 is 0.256 bits per heavy atom. The molecular formula is C64H50B9N5. The monoisotopic (exact) mass is 987 g/mol. The molecule has 4 aromatic heterocycles. The first-order valence-corrected chi connectivity index (χ1v) is 27.3. The Bertz CT molecular complexity index is 4510. The highest BCUT2D eigenvalue weighted by Gasteiger charge is 2.28. The molecule has 358 valence electrons. The molecule has 0 bridgehead atoms. The maximum Gasteiger partial charge on any atom is 0.160 e. The summed E-state index contributed by atoms with van der Waals surface area (Å²) < 4.78 is 7.53. The number of hydrogen-bond donors (Lipinski definition) is 0. The van der Waals surface area contributed by atoms with E-state index in [0.717, 1.165) is 78.2 Å². The van der Waals surface area contributed by atoms with Gasteiger partial charge in [0.1, 0.15) is 70.6 Å². The minimum atomic E-state index is 0.682. The molecule has 0 amide bonds. The van der Waals surface area contributed by atoms with Crippen LogP contribution in [0.1, 0.15) is 0 Å². The average molecular weight is 986 g/mol. The topological polar surface area (TPSA) is 40.6 Å². The average Bonchev–Trinajstić information content (AvgIpc) is 4.32. The van der Waals surface area contributed by atoms with Gasteiger partial charge < -0.3 is 13.7 Å². The molecule has 0 fully saturated rings. The third-order valence-electron chi connectivity index (χ3n) is 17.7. The van der Waals surface area contributed by atoms with Crippen LogP contribution in [0.25, 0.3) is 128 Å². The molecule has 5 nitrogen and oxygen atoms in total. The zero-order valence-corrected chi connectivity index (χ0v) is 45.7. The van der Waals surface area contributed by atoms with Gasteiger partial charge in [0, 0.05) is 43.4 Å². The van der Waals surface area contributed by atoms with E-state index in [4.69, 9.17) is 9.97 Å². The van der Waals surface area contributed by atoms with Crippen LogP contribution in [0.3, 0.4) is 0 Å². The number of fused-ring (bicyclic) bond motifs is 9. The normalized spacial score (nSPS) is 11.8. The molecule has 0 aliphatic rings. The summed E-state index contributed by atoms with van der Waals surface area (Å²) in [7, 11) is 20.6. The molecule has 0 aliphatic heterocycles. The Kier molecular flexibility index (Phi) is 11.1. The predicted octanol–water partition coefficient (Wildman–Crippen LogP) is 0.762. The number of benzene rings is 10. The number of aromatic nitrogens is 5. The molecule has 10 aromatic carbocycles. The van der Waals surface area contributed by atoms with E-state index in [9.17, 15) is 0 Å². The highest BCUT2D eigenvalue weighted by atomic mass is 15.1. The van der Waals surface area contributed by atoms with Crippen LogP contribution in [-0.2, 0) is 0 Å². The van der Waals surface area contributed by atoms with E-state index < -0.39 is 0 Å². The molecule has 14 rings (SSSR count). The fraction of sp³-hybridized carbons (Fsp3) is 0. The molecular weight excluding hydrogens is 936 g/mol. The van der Waals surface area contributed by atoms with Gasteiger partial charge in [0.25, 0.3) is 0 Å². The smallest absolute Gasteiger partial charge is 0.160 e. The van der Waals surface area contributed by atoms with Crippen molar-refractivity contribution in [2.24, 2.45) is 0 Å². The Balaban J connectivity index is 1.15. The molecule has 0 aliphatic carbocycles. The molecule has 0 saturated heterocycles. The second kappa shape index (κ2) is 18.2. The zero-order chi connectivity index (χ0) is 53.2. The van der Waals surface area contributed by atoms with Gasteiger partial charge in [0.15, 0.2) is 5.82 Å². The van der Waals surface area contributed by atoms with Crippen molar-refractivity contribution in [3.05, 3.63) is 194 Å². The highest BCUT2D eigenvalue weighted by molar-refractivity contribution is 6.70. The molecule has 78 heavy (non-hydrogen) atoms. The summed E-state index contributed by atoms with van der Waals surface area (Å²) >= 11 is 0. The van der Waals surface area contributed by atoms with Gasteiger partial charge in [-0.3, -0.25) is 0 Å². The highest BCUT2D eigenvalue weighted by Crippen LogP contribution is 2.45. The first-order valence-electron chi connectivity index (χ1n) is 27.3. The van der Waals surface area contributed by atoms with Crippen LogP contribution in [0.15, 0.2) is 194 Å². The van der Waals surface area contributed by atoms with Crippen molar-refractivity contribution >= 4 is 185 Å². The third-order valence-corrected chi connectivity index (χ3v) is 17.7. The van der Waals surface area contributed by atoms with Gasteiger partial charge >= 0.3 is 0 Å². The third kappa shape index (κ3) is 7.01. The molecule has 0 spiro atoms. The van der Waals surface area contributed by atoms with Crippen LogP contribution >= 0.6 is 0 Å². The number of rotatable bonds is 7. The fourth-order valence-corrected chi connectivity index (χ4v) is 13.2. The Hall–Kier alpha value is -8.74. The molecule has 0 radical (unpaired) electrons. The van der Waals surface area contributed by atoms with Gasteiger partial charge in [-0.2, -0.15) is 0 Å². The van der Waals surface area contributed by atoms with Crippen LogP contribution in [0.4, 0.5) is 0 Å². The van der Waals surface area contributed by atoms with Crippen molar-refractivity contribution < 1.29 is 0 Å². The first-order chi connectivity index (χ1) is 38.0. The van der Waals surface area contributed by atoms with E-state index in [2.05, 4.69) is 278 Å². The molecule has 4 heterocycles. The standard InChI is InChI=1S/C64H50B9N5/c65-54-51(55(66)57(68)52(56(54)67)53-58(69)60(71)62(73)61(72)59(53)70)42-32-41(74-64(75-42)33-16-2-1-3-17-33)34-30-49(76-43-24-10-4-18-35(43)36-19-5-11-25-44(36)76)63(78-47-28-14-8-22-39(47)40-23-9-15-29-48(40)78)50(31-34)77-45-26-12-6-20-37(45)38-21-7-13-27-46(38)77/h1-32H,65-73H2. The van der Waals surface area contributed by atoms with Gasteiger partial charge in [-0.05, 0) is 71.3 Å². The molecule has 0 saturated carbocycles. The van der Waals surface area contributed by atoms with Crippen LogP contribution in [0.5, 0.6) is 0 Å². The van der Waals surface area contributed by atoms with Gasteiger partial charge in [-0.25, -0.2) is 9.97 Å². The molecule has 14 aromatic rings. The number of hydrogen-bond acceptors (Lipinski definition) is 2. The van der Waals surface area contributed by atoms with Crippen molar-refractivity contribution in [1.82, 2.24) is 23.7 Å². The van der Waals surface area contributed by atoms with Crippen molar-refractivity contribution in [1.29, 1.82) is 0 Å². The molecule has 14 heteroatoms. The molecule has 0 unspecified atom stereocenters. The van der Waals surface area contributed by atoms with E-state index in [-0.39, 0.29) is 0 Å². The van der Waals surface area contributed by atoms with Gasteiger partial charge in [0.05, 0.1) is 61.6 Å². The van der Waals surface area contributed by atoms with E-state index in [0.29, 0.717) is 5.82 Å². The maximum atomic E-state index is 5.67. The lowest BCUT2D eigenvalue weighted by Gasteiger charge is -2.27. The summed E-state index contributed by atoms with van der Waals surface area (Å²) in [6, 6.07) is 70.8. The summed E-state index contributed by atoms with van der Waals surface area (Å²) in [4.78, 5) is 11.3. The van der Waals surface area contributed by atoms with Crippen molar-refractivity contribution in [2.75, 3.05) is 0 Å². The lowest BCUT2D eigenvalue weighted by Crippen LogP contribution is -2.57. The summed E-state index contributed by atoms with van der Waals surface area (Å²) in [5.41, 5.74) is 29.2.